The number of hydrogen-bond donors (Lipinski definition) is 2. The molecule has 90 valence electrons. The van der Waals surface area contributed by atoms with Gasteiger partial charge in [0.15, 0.2) is 0 Å². The van der Waals surface area contributed by atoms with Crippen molar-refractivity contribution in [1.82, 2.24) is 5.43 Å². The van der Waals surface area contributed by atoms with E-state index in [1.165, 1.54) is 19.2 Å². The lowest BCUT2D eigenvalue weighted by atomic mass is 10.1. The van der Waals surface area contributed by atoms with Crippen molar-refractivity contribution in [1.29, 1.82) is 0 Å². The van der Waals surface area contributed by atoms with Gasteiger partial charge < -0.3 is 4.74 Å². The quantitative estimate of drug-likeness (QED) is 0.494. The van der Waals surface area contributed by atoms with Crippen molar-refractivity contribution in [2.75, 3.05) is 13.7 Å². The van der Waals surface area contributed by atoms with Crippen molar-refractivity contribution in [2.24, 2.45) is 5.84 Å². The maximum atomic E-state index is 13.6. The zero-order valence-corrected chi connectivity index (χ0v) is 10.4. The van der Waals surface area contributed by atoms with Gasteiger partial charge in [-0.15, -0.1) is 0 Å². The number of halogens is 3. The summed E-state index contributed by atoms with van der Waals surface area (Å²) in [6.07, 6.45) is 0.126. The summed E-state index contributed by atoms with van der Waals surface area (Å²) in [5.74, 6) is 4.07. The summed E-state index contributed by atoms with van der Waals surface area (Å²) in [6, 6.07) is 2.21. The van der Waals surface area contributed by atoms with Crippen LogP contribution in [0.15, 0.2) is 16.6 Å². The van der Waals surface area contributed by atoms with Crippen LogP contribution in [0.2, 0.25) is 0 Å². The molecule has 0 saturated heterocycles. The van der Waals surface area contributed by atoms with E-state index in [0.717, 1.165) is 0 Å². The first-order valence-electron chi connectivity index (χ1n) is 4.67. The molecule has 1 unspecified atom stereocenters. The van der Waals surface area contributed by atoms with Gasteiger partial charge in [-0.05, 0) is 34.5 Å². The smallest absolute Gasteiger partial charge is 0.143 e. The lowest BCUT2D eigenvalue weighted by Crippen LogP contribution is -2.40. The van der Waals surface area contributed by atoms with Crippen LogP contribution in [-0.2, 0) is 11.2 Å². The Morgan fingerprint density at radius 3 is 2.75 bits per heavy atom. The highest BCUT2D eigenvalue weighted by atomic mass is 79.9. The maximum Gasteiger partial charge on any atom is 0.143 e. The number of nitrogens with one attached hydrogen (secondary N) is 1. The van der Waals surface area contributed by atoms with Crippen LogP contribution < -0.4 is 11.3 Å². The normalized spacial score (nSPS) is 12.8. The van der Waals surface area contributed by atoms with Crippen LogP contribution in [0.25, 0.3) is 0 Å². The molecule has 16 heavy (non-hydrogen) atoms. The average Bonchev–Trinajstić information content (AvgIpc) is 2.28. The summed E-state index contributed by atoms with van der Waals surface area (Å²) in [5, 5.41) is 0. The van der Waals surface area contributed by atoms with Gasteiger partial charge in [0.1, 0.15) is 11.6 Å². The number of rotatable bonds is 5. The first-order chi connectivity index (χ1) is 7.60. The van der Waals surface area contributed by atoms with Gasteiger partial charge in [-0.1, -0.05) is 0 Å². The molecule has 0 aliphatic carbocycles. The molecule has 0 aromatic heterocycles. The lowest BCUT2D eigenvalue weighted by Gasteiger charge is -2.16. The fourth-order valence-corrected chi connectivity index (χ4v) is 1.74. The first-order valence-corrected chi connectivity index (χ1v) is 5.46. The van der Waals surface area contributed by atoms with Gasteiger partial charge in [0.05, 0.1) is 11.1 Å². The Balaban J connectivity index is 2.90. The van der Waals surface area contributed by atoms with Crippen molar-refractivity contribution in [2.45, 2.75) is 12.5 Å². The van der Waals surface area contributed by atoms with Crippen molar-refractivity contribution >= 4 is 15.9 Å². The fourth-order valence-electron chi connectivity index (χ4n) is 1.37. The average molecular weight is 295 g/mol. The van der Waals surface area contributed by atoms with E-state index in [9.17, 15) is 8.78 Å². The van der Waals surface area contributed by atoms with Crippen molar-refractivity contribution in [3.63, 3.8) is 0 Å². The first kappa shape index (κ1) is 13.5. The molecule has 0 spiro atoms. The SMILES string of the molecule is COCC(Cc1c(F)ccc(Br)c1F)NN. The Kier molecular flexibility index (Phi) is 5.27. The summed E-state index contributed by atoms with van der Waals surface area (Å²) in [4.78, 5) is 0. The van der Waals surface area contributed by atoms with E-state index in [2.05, 4.69) is 21.4 Å². The molecular weight excluding hydrogens is 282 g/mol. The Morgan fingerprint density at radius 1 is 1.50 bits per heavy atom. The molecule has 1 aromatic rings. The minimum atomic E-state index is -0.601. The molecule has 1 rings (SSSR count). The van der Waals surface area contributed by atoms with Crippen LogP contribution in [0.5, 0.6) is 0 Å². The van der Waals surface area contributed by atoms with Crippen LogP contribution in [0.4, 0.5) is 8.78 Å². The van der Waals surface area contributed by atoms with E-state index >= 15 is 0 Å². The molecule has 0 aliphatic rings. The van der Waals surface area contributed by atoms with E-state index in [4.69, 9.17) is 10.6 Å². The van der Waals surface area contributed by atoms with Crippen LogP contribution in [0, 0.1) is 11.6 Å². The van der Waals surface area contributed by atoms with Crippen LogP contribution in [0.1, 0.15) is 5.56 Å². The Hall–Kier alpha value is -0.560. The molecule has 1 aromatic carbocycles. The van der Waals surface area contributed by atoms with Crippen LogP contribution >= 0.6 is 15.9 Å². The molecule has 0 saturated carbocycles. The summed E-state index contributed by atoms with van der Waals surface area (Å²) in [5.41, 5.74) is 2.45. The summed E-state index contributed by atoms with van der Waals surface area (Å²) < 4.78 is 32.1. The van der Waals surface area contributed by atoms with Crippen molar-refractivity contribution < 1.29 is 13.5 Å². The second-order valence-electron chi connectivity index (χ2n) is 3.34. The monoisotopic (exact) mass is 294 g/mol. The third-order valence-corrected chi connectivity index (χ3v) is 2.81. The maximum absolute atomic E-state index is 13.6. The molecule has 3 nitrogen and oxygen atoms in total. The zero-order chi connectivity index (χ0) is 12.1. The largest absolute Gasteiger partial charge is 0.383 e. The molecule has 0 bridgehead atoms. The third-order valence-electron chi connectivity index (χ3n) is 2.19. The Bertz CT molecular complexity index is 363. The highest BCUT2D eigenvalue weighted by Crippen LogP contribution is 2.22. The second kappa shape index (κ2) is 6.24. The molecule has 3 N–H and O–H groups in total. The summed E-state index contributed by atoms with van der Waals surface area (Å²) >= 11 is 3.01. The standard InChI is InChI=1S/C10H13BrF2N2O/c1-16-5-6(15-14)4-7-9(12)3-2-8(11)10(7)13/h2-3,6,15H,4-5,14H2,1H3. The number of ether oxygens (including phenoxy) is 1. The summed E-state index contributed by atoms with van der Waals surface area (Å²) in [6.45, 7) is 0.280. The molecule has 0 aliphatic heterocycles. The van der Waals surface area contributed by atoms with Crippen molar-refractivity contribution in [3.05, 3.63) is 33.8 Å². The zero-order valence-electron chi connectivity index (χ0n) is 8.77. The van der Waals surface area contributed by atoms with E-state index in [1.807, 2.05) is 0 Å². The lowest BCUT2D eigenvalue weighted by molar-refractivity contribution is 0.165. The fraction of sp³-hybridized carbons (Fsp3) is 0.400. The van der Waals surface area contributed by atoms with Gasteiger partial charge in [0.25, 0.3) is 0 Å². The minimum Gasteiger partial charge on any atom is -0.383 e. The number of nitrogens with two attached hydrogens (primary N) is 1. The highest BCUT2D eigenvalue weighted by molar-refractivity contribution is 9.10. The number of benzene rings is 1. The van der Waals surface area contributed by atoms with E-state index in [0.29, 0.717) is 0 Å². The molecule has 1 atom stereocenters. The number of hydrazine groups is 1. The predicted molar refractivity (Wildman–Crippen MR) is 60.7 cm³/mol. The third kappa shape index (κ3) is 3.21. The predicted octanol–water partition coefficient (Wildman–Crippen LogP) is 1.75. The van der Waals surface area contributed by atoms with E-state index in [-0.39, 0.29) is 29.1 Å². The van der Waals surface area contributed by atoms with Crippen LogP contribution in [0.3, 0.4) is 0 Å². The van der Waals surface area contributed by atoms with Gasteiger partial charge in [-0.2, -0.15) is 0 Å². The Labute approximate surface area is 101 Å². The minimum absolute atomic E-state index is 0.00521. The Morgan fingerprint density at radius 2 is 2.19 bits per heavy atom. The highest BCUT2D eigenvalue weighted by Gasteiger charge is 2.16. The van der Waals surface area contributed by atoms with E-state index < -0.39 is 11.6 Å². The van der Waals surface area contributed by atoms with Gasteiger partial charge >= 0.3 is 0 Å². The van der Waals surface area contributed by atoms with Crippen molar-refractivity contribution in [3.8, 4) is 0 Å². The molecule has 6 heteroatoms. The van der Waals surface area contributed by atoms with Crippen LogP contribution in [-0.4, -0.2) is 19.8 Å². The van der Waals surface area contributed by atoms with Gasteiger partial charge in [-0.3, -0.25) is 11.3 Å². The second-order valence-corrected chi connectivity index (χ2v) is 4.20. The van der Waals surface area contributed by atoms with Gasteiger partial charge in [-0.25, -0.2) is 8.78 Å². The summed E-state index contributed by atoms with van der Waals surface area (Å²) in [7, 11) is 1.50. The molecular formula is C10H13BrF2N2O. The molecule has 0 fully saturated rings. The molecule has 0 amide bonds. The van der Waals surface area contributed by atoms with Gasteiger partial charge in [0, 0.05) is 18.7 Å². The topological polar surface area (TPSA) is 47.3 Å². The molecule has 0 heterocycles. The number of methoxy groups -OCH3 is 1. The van der Waals surface area contributed by atoms with Gasteiger partial charge in [0.2, 0.25) is 0 Å². The number of hydrogen-bond acceptors (Lipinski definition) is 3. The molecule has 0 radical (unpaired) electrons. The van der Waals surface area contributed by atoms with E-state index in [1.54, 1.807) is 0 Å².